The lowest BCUT2D eigenvalue weighted by Crippen LogP contribution is -1.95. The number of halogens is 1. The van der Waals surface area contributed by atoms with Gasteiger partial charge in [0.15, 0.2) is 0 Å². The Labute approximate surface area is 124 Å². The van der Waals surface area contributed by atoms with Crippen LogP contribution in [0, 0.1) is 0 Å². The average Bonchev–Trinajstić information content (AvgIpc) is 2.86. The highest BCUT2D eigenvalue weighted by Crippen LogP contribution is 2.31. The van der Waals surface area contributed by atoms with Crippen molar-refractivity contribution < 1.29 is 19.1 Å². The van der Waals surface area contributed by atoms with Gasteiger partial charge in [0.05, 0.1) is 24.1 Å². The molecule has 1 aromatic carbocycles. The summed E-state index contributed by atoms with van der Waals surface area (Å²) in [6.07, 6.45) is 0.0334. The second-order valence-corrected chi connectivity index (χ2v) is 5.16. The molecule has 0 aliphatic heterocycles. The largest absolute Gasteiger partial charge is 0.497 e. The summed E-state index contributed by atoms with van der Waals surface area (Å²) in [6.45, 7) is 0. The van der Waals surface area contributed by atoms with Crippen molar-refractivity contribution in [1.82, 2.24) is 10.2 Å². The highest BCUT2D eigenvalue weighted by Gasteiger charge is 2.13. The summed E-state index contributed by atoms with van der Waals surface area (Å²) in [5.74, 6) is 0.424. The first kappa shape index (κ1) is 14.7. The molecule has 0 saturated carbocycles. The topological polar surface area (TPSA) is 85.5 Å². The Kier molecular flexibility index (Phi) is 4.86. The molecule has 1 heterocycles. The van der Waals surface area contributed by atoms with Crippen LogP contribution in [0.5, 0.6) is 5.75 Å². The third-order valence-corrected chi connectivity index (χ3v) is 3.49. The molecule has 6 nitrogen and oxygen atoms in total. The zero-order chi connectivity index (χ0) is 14.5. The van der Waals surface area contributed by atoms with Crippen LogP contribution in [0.4, 0.5) is 0 Å². The molecule has 1 N–H and O–H groups in total. The summed E-state index contributed by atoms with van der Waals surface area (Å²) in [6, 6.07) is 5.11. The number of hydrogen-bond acceptors (Lipinski definition) is 6. The highest BCUT2D eigenvalue weighted by atomic mass is 35.5. The van der Waals surface area contributed by atoms with Crippen LogP contribution in [0.1, 0.15) is 6.42 Å². The molecule has 2 rings (SSSR count). The van der Waals surface area contributed by atoms with Crippen LogP contribution in [0.2, 0.25) is 5.02 Å². The Hall–Kier alpha value is -1.73. The molecule has 0 fully saturated rings. The summed E-state index contributed by atoms with van der Waals surface area (Å²) < 4.78 is 10.5. The van der Waals surface area contributed by atoms with Gasteiger partial charge in [0.1, 0.15) is 5.75 Å². The third kappa shape index (κ3) is 3.64. The molecule has 20 heavy (non-hydrogen) atoms. The highest BCUT2D eigenvalue weighted by molar-refractivity contribution is 7.99. The molecule has 2 aromatic rings. The van der Waals surface area contributed by atoms with Gasteiger partial charge in [0.25, 0.3) is 5.22 Å². The summed E-state index contributed by atoms with van der Waals surface area (Å²) in [5.41, 5.74) is 0.602. The smallest absolute Gasteiger partial charge is 0.304 e. The van der Waals surface area contributed by atoms with E-state index in [-0.39, 0.29) is 12.3 Å². The molecule has 8 heteroatoms. The van der Waals surface area contributed by atoms with Gasteiger partial charge in [-0.15, -0.1) is 10.2 Å². The predicted octanol–water partition coefficient (Wildman–Crippen LogP) is 2.97. The first-order valence-corrected chi connectivity index (χ1v) is 6.98. The van der Waals surface area contributed by atoms with Crippen molar-refractivity contribution in [3.05, 3.63) is 23.2 Å². The Balaban J connectivity index is 2.10. The van der Waals surface area contributed by atoms with Crippen molar-refractivity contribution in [3.8, 4) is 17.2 Å². The minimum atomic E-state index is -0.865. The van der Waals surface area contributed by atoms with Gasteiger partial charge in [0, 0.05) is 5.75 Å². The monoisotopic (exact) mass is 314 g/mol. The van der Waals surface area contributed by atoms with Gasteiger partial charge >= 0.3 is 5.97 Å². The summed E-state index contributed by atoms with van der Waals surface area (Å²) >= 11 is 7.29. The number of benzene rings is 1. The van der Waals surface area contributed by atoms with Crippen molar-refractivity contribution in [2.45, 2.75) is 11.6 Å². The van der Waals surface area contributed by atoms with E-state index in [9.17, 15) is 4.79 Å². The fourth-order valence-electron chi connectivity index (χ4n) is 1.40. The van der Waals surface area contributed by atoms with Gasteiger partial charge in [-0.05, 0) is 18.2 Å². The minimum absolute atomic E-state index is 0.0334. The van der Waals surface area contributed by atoms with Gasteiger partial charge in [-0.2, -0.15) is 0 Å². The van der Waals surface area contributed by atoms with Crippen LogP contribution in [0.3, 0.4) is 0 Å². The summed E-state index contributed by atoms with van der Waals surface area (Å²) in [5, 5.41) is 17.0. The zero-order valence-corrected chi connectivity index (χ0v) is 12.1. The van der Waals surface area contributed by atoms with Crippen LogP contribution >= 0.6 is 23.4 Å². The minimum Gasteiger partial charge on any atom is -0.497 e. The number of aromatic nitrogens is 2. The van der Waals surface area contributed by atoms with E-state index in [1.165, 1.54) is 11.8 Å². The third-order valence-electron chi connectivity index (χ3n) is 2.35. The average molecular weight is 315 g/mol. The molecule has 0 amide bonds. The number of carbonyl (C=O) groups is 1. The number of nitrogens with zero attached hydrogens (tertiary/aromatic N) is 2. The Morgan fingerprint density at radius 3 is 2.95 bits per heavy atom. The molecule has 0 radical (unpaired) electrons. The van der Waals surface area contributed by atoms with Crippen molar-refractivity contribution >= 4 is 29.3 Å². The van der Waals surface area contributed by atoms with Gasteiger partial charge in [-0.3, -0.25) is 4.79 Å². The molecular formula is C12H11ClN2O4S. The van der Waals surface area contributed by atoms with Crippen LogP contribution in [0.15, 0.2) is 27.8 Å². The predicted molar refractivity (Wildman–Crippen MR) is 74.3 cm³/mol. The Morgan fingerprint density at radius 1 is 1.50 bits per heavy atom. The van der Waals surface area contributed by atoms with Crippen LogP contribution in [-0.2, 0) is 4.79 Å². The van der Waals surface area contributed by atoms with Gasteiger partial charge < -0.3 is 14.3 Å². The van der Waals surface area contributed by atoms with Crippen LogP contribution in [0.25, 0.3) is 11.5 Å². The maximum absolute atomic E-state index is 10.4. The lowest BCUT2D eigenvalue weighted by molar-refractivity contribution is -0.136. The van der Waals surface area contributed by atoms with E-state index in [0.717, 1.165) is 0 Å². The number of hydrogen-bond donors (Lipinski definition) is 1. The standard InChI is InChI=1S/C12H11ClN2O4S/c1-18-7-2-3-8(9(13)6-7)11-14-15-12(19-11)20-5-4-10(16)17/h2-3,6H,4-5H2,1H3,(H,16,17). The Bertz CT molecular complexity index is 617. The number of rotatable bonds is 6. The maximum atomic E-state index is 10.4. The molecule has 0 unspecified atom stereocenters. The number of carboxylic acids is 1. The maximum Gasteiger partial charge on any atom is 0.304 e. The van der Waals surface area contributed by atoms with Crippen molar-refractivity contribution in [3.63, 3.8) is 0 Å². The van der Waals surface area contributed by atoms with E-state index in [2.05, 4.69) is 10.2 Å². The lowest BCUT2D eigenvalue weighted by Gasteiger charge is -2.02. The molecule has 106 valence electrons. The van der Waals surface area contributed by atoms with E-state index in [4.69, 9.17) is 25.9 Å². The molecule has 0 aliphatic rings. The molecule has 0 atom stereocenters. The number of thioether (sulfide) groups is 1. The molecule has 0 bridgehead atoms. The Morgan fingerprint density at radius 2 is 2.30 bits per heavy atom. The fraction of sp³-hybridized carbons (Fsp3) is 0.250. The molecular weight excluding hydrogens is 304 g/mol. The SMILES string of the molecule is COc1ccc(-c2nnc(SCCC(=O)O)o2)c(Cl)c1. The van der Waals surface area contributed by atoms with Crippen LogP contribution < -0.4 is 4.74 Å². The number of ether oxygens (including phenoxy) is 1. The lowest BCUT2D eigenvalue weighted by atomic mass is 10.2. The van der Waals surface area contributed by atoms with Crippen LogP contribution in [-0.4, -0.2) is 34.1 Å². The molecule has 0 aliphatic carbocycles. The van der Waals surface area contributed by atoms with Crippen molar-refractivity contribution in [2.75, 3.05) is 12.9 Å². The van der Waals surface area contributed by atoms with E-state index >= 15 is 0 Å². The van der Waals surface area contributed by atoms with Gasteiger partial charge in [0.2, 0.25) is 5.89 Å². The molecule has 1 aromatic heterocycles. The summed E-state index contributed by atoms with van der Waals surface area (Å²) in [7, 11) is 1.55. The first-order valence-electron chi connectivity index (χ1n) is 5.62. The fourth-order valence-corrected chi connectivity index (χ4v) is 2.34. The van der Waals surface area contributed by atoms with E-state index < -0.39 is 5.97 Å². The van der Waals surface area contributed by atoms with E-state index in [0.29, 0.717) is 27.3 Å². The quantitative estimate of drug-likeness (QED) is 0.820. The van der Waals surface area contributed by atoms with Gasteiger partial charge in [-0.1, -0.05) is 23.4 Å². The second kappa shape index (κ2) is 6.62. The second-order valence-electron chi connectivity index (χ2n) is 3.71. The number of aliphatic carboxylic acids is 1. The summed E-state index contributed by atoms with van der Waals surface area (Å²) in [4.78, 5) is 10.4. The number of carboxylic acid groups (broad SMARTS) is 1. The molecule has 0 spiro atoms. The first-order chi connectivity index (χ1) is 9.60. The van der Waals surface area contributed by atoms with E-state index in [1.807, 2.05) is 0 Å². The van der Waals surface area contributed by atoms with Gasteiger partial charge in [-0.25, -0.2) is 0 Å². The normalized spacial score (nSPS) is 10.5. The van der Waals surface area contributed by atoms with Crippen molar-refractivity contribution in [1.29, 1.82) is 0 Å². The zero-order valence-electron chi connectivity index (χ0n) is 10.5. The molecule has 0 saturated heterocycles. The van der Waals surface area contributed by atoms with Crippen molar-refractivity contribution in [2.24, 2.45) is 0 Å². The van der Waals surface area contributed by atoms with E-state index in [1.54, 1.807) is 25.3 Å². The number of methoxy groups -OCH3 is 1.